The Morgan fingerprint density at radius 2 is 0.958 bits per heavy atom. The summed E-state index contributed by atoms with van der Waals surface area (Å²) in [6.45, 7) is 30.4. The largest absolute Gasteiger partial charge is 0.457 e. The third-order valence-corrected chi connectivity index (χ3v) is 15.2. The topological polar surface area (TPSA) is 33.5 Å². The number of hydrogen-bond acceptors (Lipinski definition) is 4. The Morgan fingerprint density at radius 1 is 0.380 bits per heavy atom. The molecule has 0 saturated heterocycles. The van der Waals surface area contributed by atoms with Crippen LogP contribution in [0.15, 0.2) is 176 Å². The van der Waals surface area contributed by atoms with Gasteiger partial charge >= 0.3 is 0 Å². The van der Waals surface area contributed by atoms with Crippen molar-refractivity contribution >= 4 is 44.6 Å². The fourth-order valence-corrected chi connectivity index (χ4v) is 10.3. The van der Waals surface area contributed by atoms with E-state index in [-0.39, 0.29) is 27.1 Å². The van der Waals surface area contributed by atoms with Crippen LogP contribution in [-0.4, -0.2) is 16.2 Å². The average Bonchev–Trinajstić information content (AvgIpc) is 3.89. The molecule has 0 N–H and O–H groups in total. The molecule has 2 aromatic heterocycles. The number of rotatable bonds is 9. The van der Waals surface area contributed by atoms with Crippen molar-refractivity contribution in [3.05, 3.63) is 215 Å². The molecular formula is C66H70N4O. The summed E-state index contributed by atoms with van der Waals surface area (Å²) in [6.07, 6.45) is 1.95. The third kappa shape index (κ3) is 8.90. The number of aromatic nitrogens is 2. The summed E-state index contributed by atoms with van der Waals surface area (Å²) in [5, 5.41) is 2.38. The van der Waals surface area contributed by atoms with Crippen molar-refractivity contribution in [1.29, 1.82) is 0 Å². The highest BCUT2D eigenvalue weighted by Gasteiger charge is 2.34. The number of nitrogens with zero attached hydrogens (tertiary/aromatic N) is 4. The molecule has 3 heterocycles. The molecule has 0 spiro atoms. The van der Waals surface area contributed by atoms with Gasteiger partial charge in [-0.1, -0.05) is 175 Å². The molecule has 1 aliphatic rings. The molecule has 71 heavy (non-hydrogen) atoms. The molecule has 10 rings (SSSR count). The Hall–Kier alpha value is -7.11. The van der Waals surface area contributed by atoms with E-state index in [1.54, 1.807) is 0 Å². The van der Waals surface area contributed by atoms with E-state index >= 15 is 0 Å². The van der Waals surface area contributed by atoms with Gasteiger partial charge in [0.15, 0.2) is 0 Å². The first-order valence-corrected chi connectivity index (χ1v) is 25.4. The van der Waals surface area contributed by atoms with Gasteiger partial charge in [-0.3, -0.25) is 4.57 Å². The van der Waals surface area contributed by atoms with E-state index in [1.165, 1.54) is 61.1 Å². The standard InChI is InChI=1S/C66H70N4O/c1-62(2,3)46-27-31-57-56(38-46)55-30-29-53(42-59(55)70(57)61-40-47(33-34-67-61)63(4,5)6)71-54-37-50(64(7,8)9)36-52(41-54)69-43-68(51-26-20-25-48(35-51)65(10,11)44-21-16-14-17-22-44)58-32-28-49(39-60(58)69)66(12,13)45-23-18-15-19-24-45/h14-42H,43H2,1-13H3. The molecule has 360 valence electrons. The van der Waals surface area contributed by atoms with Crippen molar-refractivity contribution in [3.63, 3.8) is 0 Å². The minimum absolute atomic E-state index is 0.00171. The molecule has 0 fully saturated rings. The van der Waals surface area contributed by atoms with Gasteiger partial charge in [0.2, 0.25) is 0 Å². The fraction of sp³-hybridized carbons (Fsp3) is 0.288. The lowest BCUT2D eigenvalue weighted by Crippen LogP contribution is -2.25. The summed E-state index contributed by atoms with van der Waals surface area (Å²) in [4.78, 5) is 9.96. The zero-order chi connectivity index (χ0) is 50.3. The molecular weight excluding hydrogens is 865 g/mol. The summed E-state index contributed by atoms with van der Waals surface area (Å²) in [6, 6.07) is 62.6. The van der Waals surface area contributed by atoms with Crippen LogP contribution in [0, 0.1) is 0 Å². The van der Waals surface area contributed by atoms with E-state index in [2.05, 4.69) is 274 Å². The smallest absolute Gasteiger partial charge is 0.137 e. The van der Waals surface area contributed by atoms with Crippen LogP contribution in [0.5, 0.6) is 11.5 Å². The second-order valence-electron chi connectivity index (χ2n) is 24.0. The number of benzene rings is 7. The number of pyridine rings is 1. The molecule has 9 aromatic rings. The second-order valence-corrected chi connectivity index (χ2v) is 24.0. The molecule has 0 unspecified atom stereocenters. The minimum Gasteiger partial charge on any atom is -0.457 e. The van der Waals surface area contributed by atoms with Gasteiger partial charge in [0.05, 0.1) is 22.4 Å². The van der Waals surface area contributed by atoms with E-state index in [9.17, 15) is 0 Å². The Kier molecular flexibility index (Phi) is 11.6. The summed E-state index contributed by atoms with van der Waals surface area (Å²) in [5.74, 6) is 2.47. The van der Waals surface area contributed by atoms with Gasteiger partial charge in [-0.25, -0.2) is 4.98 Å². The lowest BCUT2D eigenvalue weighted by Gasteiger charge is -2.29. The highest BCUT2D eigenvalue weighted by Crippen LogP contribution is 2.49. The molecule has 1 aliphatic heterocycles. The van der Waals surface area contributed by atoms with Gasteiger partial charge in [0, 0.05) is 51.3 Å². The molecule has 5 heteroatoms. The van der Waals surface area contributed by atoms with Crippen molar-refractivity contribution in [3.8, 4) is 17.3 Å². The van der Waals surface area contributed by atoms with Crippen LogP contribution in [0.3, 0.4) is 0 Å². The van der Waals surface area contributed by atoms with Crippen LogP contribution in [0.2, 0.25) is 0 Å². The third-order valence-electron chi connectivity index (χ3n) is 15.2. The van der Waals surface area contributed by atoms with Gasteiger partial charge in [-0.2, -0.15) is 0 Å². The highest BCUT2D eigenvalue weighted by atomic mass is 16.5. The molecule has 7 aromatic carbocycles. The first kappa shape index (κ1) is 47.6. The molecule has 0 saturated carbocycles. The summed E-state index contributed by atoms with van der Waals surface area (Å²) in [7, 11) is 0. The number of anilines is 4. The molecule has 0 radical (unpaired) electrons. The van der Waals surface area contributed by atoms with Crippen LogP contribution >= 0.6 is 0 Å². The SMILES string of the molecule is CC(C)(C)c1cc(Oc2ccc3c4cc(C(C)(C)C)ccc4n(-c4cc(C(C)(C)C)ccn4)c3c2)cc(N2CN(c3cccc(C(C)(C)c4ccccc4)c3)c3ccc(C(C)(C)c4ccccc4)cc32)c1. The van der Waals surface area contributed by atoms with Crippen LogP contribution in [0.1, 0.15) is 129 Å². The Balaban J connectivity index is 1.10. The predicted molar refractivity (Wildman–Crippen MR) is 300 cm³/mol. The molecule has 0 amide bonds. The Labute approximate surface area is 422 Å². The van der Waals surface area contributed by atoms with E-state index in [0.717, 1.165) is 39.7 Å². The van der Waals surface area contributed by atoms with Crippen LogP contribution in [-0.2, 0) is 27.1 Å². The predicted octanol–water partition coefficient (Wildman–Crippen LogP) is 17.8. The maximum Gasteiger partial charge on any atom is 0.137 e. The van der Waals surface area contributed by atoms with E-state index in [1.807, 2.05) is 6.20 Å². The van der Waals surface area contributed by atoms with Crippen molar-refractivity contribution in [1.82, 2.24) is 9.55 Å². The normalized spacial score (nSPS) is 13.6. The van der Waals surface area contributed by atoms with Crippen molar-refractivity contribution in [2.75, 3.05) is 16.5 Å². The van der Waals surface area contributed by atoms with Crippen LogP contribution in [0.4, 0.5) is 22.7 Å². The van der Waals surface area contributed by atoms with Gasteiger partial charge in [-0.05, 0) is 128 Å². The molecule has 5 nitrogen and oxygen atoms in total. The number of fused-ring (bicyclic) bond motifs is 4. The lowest BCUT2D eigenvalue weighted by molar-refractivity contribution is 0.479. The monoisotopic (exact) mass is 935 g/mol. The van der Waals surface area contributed by atoms with Crippen LogP contribution in [0.25, 0.3) is 27.6 Å². The van der Waals surface area contributed by atoms with Crippen molar-refractivity contribution in [2.24, 2.45) is 0 Å². The maximum absolute atomic E-state index is 7.12. The van der Waals surface area contributed by atoms with Gasteiger partial charge in [0.25, 0.3) is 0 Å². The summed E-state index contributed by atoms with van der Waals surface area (Å²) >= 11 is 0. The first-order chi connectivity index (χ1) is 33.6. The zero-order valence-corrected chi connectivity index (χ0v) is 44.1. The first-order valence-electron chi connectivity index (χ1n) is 25.4. The second kappa shape index (κ2) is 17.3. The fourth-order valence-electron chi connectivity index (χ4n) is 10.3. The summed E-state index contributed by atoms with van der Waals surface area (Å²) in [5.41, 5.74) is 15.0. The number of ether oxygens (including phenoxy) is 1. The van der Waals surface area contributed by atoms with E-state index in [0.29, 0.717) is 6.67 Å². The van der Waals surface area contributed by atoms with Crippen molar-refractivity contribution < 1.29 is 4.74 Å². The Bertz CT molecular complexity index is 3430. The lowest BCUT2D eigenvalue weighted by atomic mass is 9.78. The van der Waals surface area contributed by atoms with E-state index in [4.69, 9.17) is 9.72 Å². The molecule has 0 aliphatic carbocycles. The highest BCUT2D eigenvalue weighted by molar-refractivity contribution is 6.10. The van der Waals surface area contributed by atoms with E-state index < -0.39 is 0 Å². The van der Waals surface area contributed by atoms with Gasteiger partial charge in [0.1, 0.15) is 24.0 Å². The molecule has 0 atom stereocenters. The van der Waals surface area contributed by atoms with Crippen LogP contribution < -0.4 is 14.5 Å². The quantitative estimate of drug-likeness (QED) is 0.144. The maximum atomic E-state index is 7.12. The average molecular weight is 935 g/mol. The Morgan fingerprint density at radius 3 is 1.61 bits per heavy atom. The number of hydrogen-bond donors (Lipinski definition) is 0. The molecule has 0 bridgehead atoms. The van der Waals surface area contributed by atoms with Gasteiger partial charge in [-0.15, -0.1) is 0 Å². The minimum atomic E-state index is -0.227. The van der Waals surface area contributed by atoms with Gasteiger partial charge < -0.3 is 14.5 Å². The summed E-state index contributed by atoms with van der Waals surface area (Å²) < 4.78 is 9.44. The zero-order valence-electron chi connectivity index (χ0n) is 44.1. The van der Waals surface area contributed by atoms with Crippen molar-refractivity contribution in [2.45, 2.75) is 117 Å².